The van der Waals surface area contributed by atoms with Crippen molar-refractivity contribution in [2.45, 2.75) is 18.9 Å². The lowest BCUT2D eigenvalue weighted by Crippen LogP contribution is -2.10. The van der Waals surface area contributed by atoms with E-state index in [4.69, 9.17) is 9.79 Å². The SMILES string of the molecule is CC(c1cccc(O)c1)C(O)c1ccc(O)cc1NP(=O)(O)O. The molecule has 23 heavy (non-hydrogen) atoms. The van der Waals surface area contributed by atoms with Crippen LogP contribution in [0.4, 0.5) is 5.69 Å². The average molecular weight is 339 g/mol. The number of anilines is 1. The molecular formula is C15H18NO6P. The molecule has 2 rings (SSSR count). The van der Waals surface area contributed by atoms with E-state index in [1.54, 1.807) is 19.1 Å². The molecule has 0 radical (unpaired) electrons. The number of hydrogen-bond donors (Lipinski definition) is 6. The lowest BCUT2D eigenvalue weighted by Gasteiger charge is -2.23. The van der Waals surface area contributed by atoms with E-state index in [1.165, 1.54) is 24.3 Å². The Morgan fingerprint density at radius 3 is 2.30 bits per heavy atom. The molecule has 2 aromatic rings. The molecular weight excluding hydrogens is 321 g/mol. The van der Waals surface area contributed by atoms with Crippen LogP contribution in [0.5, 0.6) is 11.5 Å². The van der Waals surface area contributed by atoms with E-state index in [0.29, 0.717) is 5.56 Å². The third-order valence-corrected chi connectivity index (χ3v) is 4.02. The summed E-state index contributed by atoms with van der Waals surface area (Å²) in [5.74, 6) is -0.591. The fourth-order valence-electron chi connectivity index (χ4n) is 2.32. The fourth-order valence-corrected chi connectivity index (χ4v) is 2.82. The summed E-state index contributed by atoms with van der Waals surface area (Å²) in [6.07, 6.45) is -1.11. The molecule has 0 spiro atoms. The van der Waals surface area contributed by atoms with Crippen molar-refractivity contribution >= 4 is 13.4 Å². The van der Waals surface area contributed by atoms with Crippen LogP contribution < -0.4 is 5.09 Å². The summed E-state index contributed by atoms with van der Waals surface area (Å²) >= 11 is 0. The molecule has 0 heterocycles. The highest BCUT2D eigenvalue weighted by atomic mass is 31.2. The average Bonchev–Trinajstić information content (AvgIpc) is 2.44. The van der Waals surface area contributed by atoms with Gasteiger partial charge in [0.2, 0.25) is 0 Å². The van der Waals surface area contributed by atoms with Gasteiger partial charge in [-0.1, -0.05) is 25.1 Å². The molecule has 0 fully saturated rings. The van der Waals surface area contributed by atoms with E-state index in [2.05, 4.69) is 0 Å². The summed E-state index contributed by atoms with van der Waals surface area (Å²) in [5.41, 5.74) is 0.826. The van der Waals surface area contributed by atoms with E-state index in [1.807, 2.05) is 5.09 Å². The molecule has 6 N–H and O–H groups in total. The predicted octanol–water partition coefficient (Wildman–Crippen LogP) is 2.44. The molecule has 0 saturated carbocycles. The quantitative estimate of drug-likeness (QED) is 0.461. The first kappa shape index (κ1) is 17.3. The highest BCUT2D eigenvalue weighted by Crippen LogP contribution is 2.42. The monoisotopic (exact) mass is 339 g/mol. The number of phenols is 2. The van der Waals surface area contributed by atoms with Crippen molar-refractivity contribution < 1.29 is 29.7 Å². The Morgan fingerprint density at radius 1 is 1.04 bits per heavy atom. The standard InChI is InChI=1S/C15H18NO6P/c1-9(10-3-2-4-11(17)7-10)15(19)13-6-5-12(18)8-14(13)16-23(20,21)22/h2-9,15,17-19H,1H3,(H3,16,20,21,22). The lowest BCUT2D eigenvalue weighted by atomic mass is 9.90. The minimum atomic E-state index is -4.60. The molecule has 0 amide bonds. The molecule has 0 aliphatic rings. The van der Waals surface area contributed by atoms with Crippen LogP contribution in [-0.2, 0) is 4.57 Å². The third kappa shape index (κ3) is 4.46. The van der Waals surface area contributed by atoms with Crippen molar-refractivity contribution in [2.24, 2.45) is 0 Å². The normalized spacial score (nSPS) is 14.3. The van der Waals surface area contributed by atoms with Gasteiger partial charge in [0.25, 0.3) is 0 Å². The molecule has 0 bridgehead atoms. The van der Waals surface area contributed by atoms with Crippen LogP contribution in [0.1, 0.15) is 30.1 Å². The Balaban J connectivity index is 2.38. The highest BCUT2D eigenvalue weighted by molar-refractivity contribution is 7.53. The molecule has 124 valence electrons. The van der Waals surface area contributed by atoms with Gasteiger partial charge in [-0.05, 0) is 23.8 Å². The van der Waals surface area contributed by atoms with Crippen LogP contribution in [-0.4, -0.2) is 25.1 Å². The Labute approximate surface area is 133 Å². The topological polar surface area (TPSA) is 130 Å². The van der Waals surface area contributed by atoms with Crippen LogP contribution in [0, 0.1) is 0 Å². The number of hydrogen-bond acceptors (Lipinski definition) is 4. The van der Waals surface area contributed by atoms with E-state index in [-0.39, 0.29) is 22.7 Å². The first-order valence-corrected chi connectivity index (χ1v) is 8.42. The minimum Gasteiger partial charge on any atom is -0.508 e. The van der Waals surface area contributed by atoms with Crippen LogP contribution in [0.3, 0.4) is 0 Å². The smallest absolute Gasteiger partial charge is 0.427 e. The highest BCUT2D eigenvalue weighted by Gasteiger charge is 2.24. The second-order valence-electron chi connectivity index (χ2n) is 5.26. The van der Waals surface area contributed by atoms with E-state index >= 15 is 0 Å². The van der Waals surface area contributed by atoms with Gasteiger partial charge in [0, 0.05) is 17.5 Å². The second-order valence-corrected chi connectivity index (χ2v) is 6.57. The number of phenolic OH excluding ortho intramolecular Hbond substituents is 2. The summed E-state index contributed by atoms with van der Waals surface area (Å²) in [4.78, 5) is 18.1. The molecule has 2 atom stereocenters. The van der Waals surface area contributed by atoms with Gasteiger partial charge in [-0.25, -0.2) is 4.57 Å². The summed E-state index contributed by atoms with van der Waals surface area (Å²) in [6, 6.07) is 10.2. The number of aromatic hydroxyl groups is 2. The zero-order valence-electron chi connectivity index (χ0n) is 12.3. The van der Waals surface area contributed by atoms with Gasteiger partial charge >= 0.3 is 7.75 Å². The van der Waals surface area contributed by atoms with Crippen molar-refractivity contribution in [2.75, 3.05) is 5.09 Å². The zero-order valence-corrected chi connectivity index (χ0v) is 13.2. The second kappa shape index (κ2) is 6.60. The van der Waals surface area contributed by atoms with E-state index in [0.717, 1.165) is 6.07 Å². The Kier molecular flexibility index (Phi) is 4.97. The summed E-state index contributed by atoms with van der Waals surface area (Å²) in [5, 5.41) is 31.6. The van der Waals surface area contributed by atoms with Gasteiger partial charge < -0.3 is 25.1 Å². The van der Waals surface area contributed by atoms with Crippen molar-refractivity contribution in [3.8, 4) is 11.5 Å². The first-order chi connectivity index (χ1) is 10.7. The van der Waals surface area contributed by atoms with Gasteiger partial charge in [0.1, 0.15) is 11.5 Å². The van der Waals surface area contributed by atoms with Gasteiger partial charge in [-0.3, -0.25) is 5.09 Å². The number of aliphatic hydroxyl groups is 1. The van der Waals surface area contributed by atoms with Gasteiger partial charge in [-0.15, -0.1) is 0 Å². The lowest BCUT2D eigenvalue weighted by molar-refractivity contribution is 0.152. The maximum Gasteiger partial charge on any atom is 0.427 e. The van der Waals surface area contributed by atoms with Crippen molar-refractivity contribution in [3.05, 3.63) is 53.6 Å². The Bertz CT molecular complexity index is 744. The number of rotatable bonds is 5. The van der Waals surface area contributed by atoms with E-state index < -0.39 is 19.8 Å². The zero-order chi connectivity index (χ0) is 17.2. The summed E-state index contributed by atoms with van der Waals surface area (Å²) in [7, 11) is -4.60. The number of aliphatic hydroxyl groups excluding tert-OH is 1. The van der Waals surface area contributed by atoms with Gasteiger partial charge in [0.05, 0.1) is 11.8 Å². The molecule has 0 aliphatic carbocycles. The van der Waals surface area contributed by atoms with Gasteiger partial charge in [-0.2, -0.15) is 0 Å². The summed E-state index contributed by atoms with van der Waals surface area (Å²) in [6.45, 7) is 1.72. The first-order valence-electron chi connectivity index (χ1n) is 6.81. The van der Waals surface area contributed by atoms with Crippen molar-refractivity contribution in [1.82, 2.24) is 0 Å². The third-order valence-electron chi connectivity index (χ3n) is 3.49. The van der Waals surface area contributed by atoms with Crippen LogP contribution >= 0.6 is 7.75 Å². The predicted molar refractivity (Wildman–Crippen MR) is 85.3 cm³/mol. The minimum absolute atomic E-state index is 0.0563. The van der Waals surface area contributed by atoms with Crippen molar-refractivity contribution in [1.29, 1.82) is 0 Å². The van der Waals surface area contributed by atoms with Crippen LogP contribution in [0.15, 0.2) is 42.5 Å². The maximum absolute atomic E-state index is 11.2. The molecule has 0 aromatic heterocycles. The Hall–Kier alpha value is -2.05. The van der Waals surface area contributed by atoms with Crippen LogP contribution in [0.2, 0.25) is 0 Å². The van der Waals surface area contributed by atoms with Gasteiger partial charge in [0.15, 0.2) is 0 Å². The number of nitrogens with one attached hydrogen (secondary N) is 1. The maximum atomic E-state index is 11.2. The Morgan fingerprint density at radius 2 is 1.70 bits per heavy atom. The van der Waals surface area contributed by atoms with E-state index in [9.17, 15) is 19.9 Å². The molecule has 2 unspecified atom stereocenters. The van der Waals surface area contributed by atoms with Crippen LogP contribution in [0.25, 0.3) is 0 Å². The molecule has 0 saturated heterocycles. The largest absolute Gasteiger partial charge is 0.508 e. The number of benzene rings is 2. The van der Waals surface area contributed by atoms with Crippen molar-refractivity contribution in [3.63, 3.8) is 0 Å². The summed E-state index contributed by atoms with van der Waals surface area (Å²) < 4.78 is 11.2. The fraction of sp³-hybridized carbons (Fsp3) is 0.200. The molecule has 8 heteroatoms. The molecule has 0 aliphatic heterocycles. The molecule has 7 nitrogen and oxygen atoms in total. The molecule has 2 aromatic carbocycles.